The van der Waals surface area contributed by atoms with Crippen LogP contribution in [0.4, 0.5) is 10.8 Å². The number of nitrogens with zero attached hydrogens (tertiary/aromatic N) is 3. The number of nitrogens with one attached hydrogen (secondary N) is 1. The summed E-state index contributed by atoms with van der Waals surface area (Å²) < 4.78 is 33.6. The average Bonchev–Trinajstić information content (AvgIpc) is 3.40. The van der Waals surface area contributed by atoms with E-state index in [0.717, 1.165) is 22.8 Å². The molecule has 0 bridgehead atoms. The Balaban J connectivity index is 1.75. The van der Waals surface area contributed by atoms with Crippen molar-refractivity contribution in [3.63, 3.8) is 0 Å². The van der Waals surface area contributed by atoms with Gasteiger partial charge in [-0.1, -0.05) is 22.9 Å². The molecule has 0 aliphatic carbocycles. The van der Waals surface area contributed by atoms with Crippen molar-refractivity contribution < 1.29 is 17.9 Å². The zero-order chi connectivity index (χ0) is 21.5. The van der Waals surface area contributed by atoms with Crippen LogP contribution in [0, 0.1) is 0 Å². The van der Waals surface area contributed by atoms with E-state index in [1.54, 1.807) is 25.3 Å². The van der Waals surface area contributed by atoms with E-state index in [9.17, 15) is 13.2 Å². The van der Waals surface area contributed by atoms with E-state index in [2.05, 4.69) is 14.6 Å². The molecule has 1 aromatic heterocycles. The molecule has 1 amide bonds. The van der Waals surface area contributed by atoms with Gasteiger partial charge in [0.15, 0.2) is 5.13 Å². The normalized spacial score (nSPS) is 20.9. The first kappa shape index (κ1) is 21.5. The zero-order valence-electron chi connectivity index (χ0n) is 16.7. The third kappa shape index (κ3) is 3.82. The van der Waals surface area contributed by atoms with Crippen molar-refractivity contribution in [3.05, 3.63) is 34.3 Å². The first-order chi connectivity index (χ1) is 14.3. The van der Waals surface area contributed by atoms with Crippen LogP contribution >= 0.6 is 22.9 Å². The Bertz CT molecular complexity index is 1070. The lowest BCUT2D eigenvalue weighted by atomic mass is 9.81. The highest BCUT2D eigenvalue weighted by molar-refractivity contribution is 7.89. The monoisotopic (exact) mass is 470 g/mol. The van der Waals surface area contributed by atoms with Gasteiger partial charge in [-0.05, 0) is 30.2 Å². The second kappa shape index (κ2) is 8.08. The number of likely N-dealkylation sites (tertiary alicyclic amines) is 1. The quantitative estimate of drug-likeness (QED) is 0.651. The minimum absolute atomic E-state index is 0.0224. The molecule has 2 aliphatic heterocycles. The van der Waals surface area contributed by atoms with E-state index in [4.69, 9.17) is 16.3 Å². The summed E-state index contributed by atoms with van der Waals surface area (Å²) in [5.41, 5.74) is 1.48. The molecule has 2 aliphatic rings. The lowest BCUT2D eigenvalue weighted by molar-refractivity contribution is -0.127. The minimum Gasteiger partial charge on any atom is -0.383 e. The molecule has 1 fully saturated rings. The molecule has 1 atom stereocenters. The number of benzene rings is 1. The smallest absolute Gasteiger partial charge is 0.240 e. The molecule has 1 saturated heterocycles. The molecule has 3 heterocycles. The third-order valence-electron chi connectivity index (χ3n) is 5.69. The number of carbonyl (C=O) groups is 1. The summed E-state index contributed by atoms with van der Waals surface area (Å²) in [6.07, 6.45) is 2.37. The van der Waals surface area contributed by atoms with E-state index >= 15 is 0 Å². The molecule has 30 heavy (non-hydrogen) atoms. The van der Waals surface area contributed by atoms with Crippen LogP contribution in [0.1, 0.15) is 18.9 Å². The molecule has 0 saturated carbocycles. The Labute approximate surface area is 184 Å². The lowest BCUT2D eigenvalue weighted by Crippen LogP contribution is -2.36. The van der Waals surface area contributed by atoms with E-state index < -0.39 is 10.0 Å². The zero-order valence-corrected chi connectivity index (χ0v) is 19.1. The predicted octanol–water partition coefficient (Wildman–Crippen LogP) is 2.36. The van der Waals surface area contributed by atoms with Gasteiger partial charge in [0.05, 0.1) is 17.7 Å². The van der Waals surface area contributed by atoms with Gasteiger partial charge in [-0.25, -0.2) is 18.1 Å². The highest BCUT2D eigenvalue weighted by atomic mass is 35.5. The van der Waals surface area contributed by atoms with Crippen LogP contribution in [-0.4, -0.2) is 64.1 Å². The molecule has 11 heteroatoms. The maximum absolute atomic E-state index is 12.8. The number of carbonyl (C=O) groups excluding carboxylic acids is 1. The summed E-state index contributed by atoms with van der Waals surface area (Å²) in [7, 11) is -2.15. The number of ether oxygens (including phenoxy) is 1. The first-order valence-electron chi connectivity index (χ1n) is 9.53. The van der Waals surface area contributed by atoms with Gasteiger partial charge in [-0.2, -0.15) is 0 Å². The number of aromatic nitrogens is 1. The average molecular weight is 471 g/mol. The molecule has 8 nitrogen and oxygen atoms in total. The number of fused-ring (bicyclic) bond motifs is 2. The summed E-state index contributed by atoms with van der Waals surface area (Å²) in [5.74, 6) is 0.0224. The van der Waals surface area contributed by atoms with Crippen molar-refractivity contribution in [1.29, 1.82) is 0 Å². The van der Waals surface area contributed by atoms with E-state index in [0.29, 0.717) is 30.6 Å². The Kier molecular flexibility index (Phi) is 5.80. The van der Waals surface area contributed by atoms with Crippen LogP contribution in [0.3, 0.4) is 0 Å². The van der Waals surface area contributed by atoms with Gasteiger partial charge in [0.2, 0.25) is 15.9 Å². The van der Waals surface area contributed by atoms with Crippen LogP contribution in [0.5, 0.6) is 0 Å². The number of rotatable bonds is 6. The molecular formula is C19H23ClN4O4S2. The Morgan fingerprint density at radius 3 is 2.83 bits per heavy atom. The van der Waals surface area contributed by atoms with Crippen LogP contribution in [0.2, 0.25) is 4.34 Å². The highest BCUT2D eigenvalue weighted by Gasteiger charge is 2.49. The van der Waals surface area contributed by atoms with Gasteiger partial charge < -0.3 is 14.5 Å². The number of amides is 1. The largest absolute Gasteiger partial charge is 0.383 e. The molecule has 0 radical (unpaired) electrons. The fourth-order valence-corrected chi connectivity index (χ4v) is 6.16. The van der Waals surface area contributed by atoms with Crippen LogP contribution in [0.15, 0.2) is 29.3 Å². The van der Waals surface area contributed by atoms with Gasteiger partial charge in [-0.3, -0.25) is 4.79 Å². The first-order valence-corrected chi connectivity index (χ1v) is 12.2. The number of hydrogen-bond donors (Lipinski definition) is 1. The van der Waals surface area contributed by atoms with Crippen LogP contribution < -0.4 is 9.62 Å². The number of methoxy groups -OCH3 is 1. The van der Waals surface area contributed by atoms with Crippen molar-refractivity contribution in [2.24, 2.45) is 0 Å². The fourth-order valence-electron chi connectivity index (χ4n) is 4.21. The van der Waals surface area contributed by atoms with Crippen LogP contribution in [-0.2, 0) is 25.0 Å². The number of sulfonamides is 1. The Morgan fingerprint density at radius 2 is 2.20 bits per heavy atom. The van der Waals surface area contributed by atoms with Gasteiger partial charge in [0.1, 0.15) is 4.34 Å². The van der Waals surface area contributed by atoms with Crippen molar-refractivity contribution in [2.45, 2.75) is 23.7 Å². The predicted molar refractivity (Wildman–Crippen MR) is 116 cm³/mol. The molecular weight excluding hydrogens is 448 g/mol. The number of anilines is 2. The standard InChI is InChI=1S/C19H23ClN4O4S2/c1-13(25)23-7-5-19(11-23)12-24(18-21-10-17(20)29-18)16-4-3-14(9-15(16)19)30(26,27)22-6-8-28-2/h3-4,9-10,22H,5-8,11-12H2,1-2H3. The van der Waals surface area contributed by atoms with E-state index in [-0.39, 0.29) is 22.8 Å². The topological polar surface area (TPSA) is 91.8 Å². The Hall–Kier alpha value is -1.72. The van der Waals surface area contributed by atoms with Gasteiger partial charge in [0, 0.05) is 51.3 Å². The summed E-state index contributed by atoms with van der Waals surface area (Å²) in [4.78, 5) is 20.5. The van der Waals surface area contributed by atoms with Gasteiger partial charge in [0.25, 0.3) is 0 Å². The third-order valence-corrected chi connectivity index (χ3v) is 8.29. The SMILES string of the molecule is COCCNS(=O)(=O)c1ccc2c(c1)C1(CCN(C(C)=O)C1)CN2c1ncc(Cl)s1. The molecule has 1 N–H and O–H groups in total. The van der Waals surface area contributed by atoms with E-state index in [1.165, 1.54) is 18.4 Å². The lowest BCUT2D eigenvalue weighted by Gasteiger charge is -2.25. The van der Waals surface area contributed by atoms with E-state index in [1.807, 2.05) is 11.0 Å². The van der Waals surface area contributed by atoms with Crippen molar-refractivity contribution >= 4 is 49.7 Å². The molecule has 1 spiro atoms. The molecule has 4 rings (SSSR count). The molecule has 1 unspecified atom stereocenters. The summed E-state index contributed by atoms with van der Waals surface area (Å²) in [6, 6.07) is 5.16. The maximum atomic E-state index is 12.8. The summed E-state index contributed by atoms with van der Waals surface area (Å²) >= 11 is 7.48. The van der Waals surface area contributed by atoms with Crippen LogP contribution in [0.25, 0.3) is 0 Å². The fraction of sp³-hybridized carbons (Fsp3) is 0.474. The summed E-state index contributed by atoms with van der Waals surface area (Å²) in [5, 5.41) is 0.758. The van der Waals surface area contributed by atoms with Gasteiger partial charge >= 0.3 is 0 Å². The second-order valence-electron chi connectivity index (χ2n) is 7.57. The number of thiazole rings is 1. The Morgan fingerprint density at radius 1 is 1.40 bits per heavy atom. The van der Waals surface area contributed by atoms with Crippen molar-refractivity contribution in [2.75, 3.05) is 44.8 Å². The number of halogens is 1. The maximum Gasteiger partial charge on any atom is 0.240 e. The molecule has 2 aromatic rings. The summed E-state index contributed by atoms with van der Waals surface area (Å²) in [6.45, 7) is 3.86. The number of hydrogen-bond acceptors (Lipinski definition) is 7. The van der Waals surface area contributed by atoms with Crippen molar-refractivity contribution in [1.82, 2.24) is 14.6 Å². The second-order valence-corrected chi connectivity index (χ2v) is 11.0. The highest BCUT2D eigenvalue weighted by Crippen LogP contribution is 2.50. The van der Waals surface area contributed by atoms with Crippen molar-refractivity contribution in [3.8, 4) is 0 Å². The van der Waals surface area contributed by atoms with Gasteiger partial charge in [-0.15, -0.1) is 0 Å². The molecule has 1 aromatic carbocycles. The minimum atomic E-state index is -3.67. The molecule has 162 valence electrons.